The van der Waals surface area contributed by atoms with Gasteiger partial charge in [0.05, 0.1) is 5.39 Å². The Kier molecular flexibility index (Phi) is 2.31. The number of hydrogen-bond donors (Lipinski definition) is 0. The Bertz CT molecular complexity index is 569. The van der Waals surface area contributed by atoms with E-state index in [-0.39, 0.29) is 12.4 Å². The summed E-state index contributed by atoms with van der Waals surface area (Å²) in [6.45, 7) is 0.123. The van der Waals surface area contributed by atoms with E-state index in [1.807, 2.05) is 24.3 Å². The predicted molar refractivity (Wildman–Crippen MR) is 55.3 cm³/mol. The third-order valence-corrected chi connectivity index (χ3v) is 1.95. The van der Waals surface area contributed by atoms with E-state index in [1.54, 1.807) is 6.07 Å². The minimum atomic E-state index is 0.123. The van der Waals surface area contributed by atoms with Gasteiger partial charge in [0.15, 0.2) is 5.75 Å². The summed E-state index contributed by atoms with van der Waals surface area (Å²) in [5.41, 5.74) is 0.626. The van der Waals surface area contributed by atoms with Gasteiger partial charge in [-0.3, -0.25) is 0 Å². The third-order valence-electron chi connectivity index (χ3n) is 1.95. The van der Waals surface area contributed by atoms with Crippen LogP contribution in [-0.4, -0.2) is 6.61 Å². The summed E-state index contributed by atoms with van der Waals surface area (Å²) >= 11 is 0. The number of fused-ring (bicyclic) bond motifs is 1. The van der Waals surface area contributed by atoms with Crippen LogP contribution in [0, 0.1) is 23.7 Å². The number of hydrogen-bond acceptors (Lipinski definition) is 3. The maximum Gasteiger partial charge on any atom is 0.246 e. The molecule has 2 rings (SSSR count). The Labute approximate surface area is 86.9 Å². The van der Waals surface area contributed by atoms with Gasteiger partial charge < -0.3 is 9.15 Å². The molecule has 3 heteroatoms. The molecule has 2 aromatic rings. The van der Waals surface area contributed by atoms with Crippen LogP contribution in [0.3, 0.4) is 0 Å². The Hall–Kier alpha value is -2.39. The lowest BCUT2D eigenvalue weighted by Gasteiger charge is -1.97. The highest BCUT2D eigenvalue weighted by molar-refractivity contribution is 5.86. The van der Waals surface area contributed by atoms with Crippen LogP contribution in [0.4, 0.5) is 0 Å². The maximum atomic E-state index is 8.84. The van der Waals surface area contributed by atoms with Crippen LogP contribution in [0.25, 0.3) is 11.0 Å². The number of terminal acetylenes is 1. The molecule has 0 atom stereocenters. The van der Waals surface area contributed by atoms with E-state index in [0.717, 1.165) is 5.39 Å². The summed E-state index contributed by atoms with van der Waals surface area (Å²) in [5, 5.41) is 9.61. The zero-order valence-electron chi connectivity index (χ0n) is 7.86. The van der Waals surface area contributed by atoms with E-state index in [4.69, 9.17) is 20.8 Å². The first-order valence-electron chi connectivity index (χ1n) is 4.34. The summed E-state index contributed by atoms with van der Waals surface area (Å²) in [7, 11) is 0. The number of ether oxygens (including phenoxy) is 1. The Morgan fingerprint density at radius 2 is 2.20 bits per heavy atom. The monoisotopic (exact) mass is 197 g/mol. The van der Waals surface area contributed by atoms with Gasteiger partial charge in [0.25, 0.3) is 0 Å². The molecule has 0 saturated carbocycles. The smallest absolute Gasteiger partial charge is 0.246 e. The van der Waals surface area contributed by atoms with Crippen molar-refractivity contribution in [3.05, 3.63) is 30.0 Å². The van der Waals surface area contributed by atoms with Gasteiger partial charge in [-0.15, -0.1) is 6.42 Å². The molecule has 1 heterocycles. The van der Waals surface area contributed by atoms with Crippen molar-refractivity contribution >= 4 is 11.0 Å². The third kappa shape index (κ3) is 1.51. The lowest BCUT2D eigenvalue weighted by atomic mass is 10.2. The van der Waals surface area contributed by atoms with Crippen molar-refractivity contribution in [3.8, 4) is 24.2 Å². The van der Waals surface area contributed by atoms with Crippen molar-refractivity contribution < 1.29 is 9.15 Å². The van der Waals surface area contributed by atoms with Gasteiger partial charge in [0.2, 0.25) is 5.76 Å². The van der Waals surface area contributed by atoms with Gasteiger partial charge in [0, 0.05) is 0 Å². The first-order chi connectivity index (χ1) is 7.36. The summed E-state index contributed by atoms with van der Waals surface area (Å²) in [4.78, 5) is 0. The highest BCUT2D eigenvalue weighted by Crippen LogP contribution is 2.32. The number of nitrogens with zero attached hydrogens (tertiary/aromatic N) is 1. The van der Waals surface area contributed by atoms with E-state index < -0.39 is 0 Å². The fraction of sp³-hybridized carbons (Fsp3) is 0.0833. The van der Waals surface area contributed by atoms with Crippen LogP contribution >= 0.6 is 0 Å². The van der Waals surface area contributed by atoms with Crippen LogP contribution < -0.4 is 4.74 Å². The van der Waals surface area contributed by atoms with Crippen LogP contribution in [0.1, 0.15) is 5.76 Å². The second kappa shape index (κ2) is 3.77. The zero-order chi connectivity index (χ0) is 10.7. The molecule has 0 aliphatic heterocycles. The molecule has 0 saturated heterocycles. The average molecular weight is 197 g/mol. The van der Waals surface area contributed by atoms with Gasteiger partial charge in [-0.2, -0.15) is 5.26 Å². The summed E-state index contributed by atoms with van der Waals surface area (Å²) in [6.07, 6.45) is 5.09. The molecule has 0 amide bonds. The number of furan rings is 1. The predicted octanol–water partition coefficient (Wildman–Crippen LogP) is 2.32. The number of rotatable bonds is 2. The van der Waals surface area contributed by atoms with Crippen molar-refractivity contribution in [1.29, 1.82) is 5.26 Å². The van der Waals surface area contributed by atoms with E-state index in [0.29, 0.717) is 11.3 Å². The Morgan fingerprint density at radius 1 is 1.40 bits per heavy atom. The largest absolute Gasteiger partial charge is 0.475 e. The molecule has 0 spiro atoms. The SMILES string of the molecule is C#CCOc1c(C#N)oc2ccccc12. The van der Waals surface area contributed by atoms with Crippen LogP contribution in [0.2, 0.25) is 0 Å². The molecule has 0 aliphatic carbocycles. The Morgan fingerprint density at radius 3 is 2.93 bits per heavy atom. The maximum absolute atomic E-state index is 8.84. The number of benzene rings is 1. The molecule has 0 N–H and O–H groups in total. The first-order valence-corrected chi connectivity index (χ1v) is 4.34. The van der Waals surface area contributed by atoms with Crippen molar-refractivity contribution in [1.82, 2.24) is 0 Å². The van der Waals surface area contributed by atoms with Gasteiger partial charge in [-0.05, 0) is 12.1 Å². The quantitative estimate of drug-likeness (QED) is 0.694. The van der Waals surface area contributed by atoms with Crippen LogP contribution in [-0.2, 0) is 0 Å². The molecular formula is C12H7NO2. The summed E-state index contributed by atoms with van der Waals surface area (Å²) in [5.74, 6) is 2.93. The van der Waals surface area contributed by atoms with Crippen molar-refractivity contribution in [3.63, 3.8) is 0 Å². The fourth-order valence-corrected chi connectivity index (χ4v) is 1.35. The van der Waals surface area contributed by atoms with Crippen LogP contribution in [0.15, 0.2) is 28.7 Å². The van der Waals surface area contributed by atoms with E-state index in [9.17, 15) is 0 Å². The minimum Gasteiger partial charge on any atom is -0.475 e. The van der Waals surface area contributed by atoms with Crippen molar-refractivity contribution in [2.45, 2.75) is 0 Å². The molecule has 0 bridgehead atoms. The molecule has 3 nitrogen and oxygen atoms in total. The molecule has 0 unspecified atom stereocenters. The second-order valence-electron chi connectivity index (χ2n) is 2.86. The average Bonchev–Trinajstić information content (AvgIpc) is 2.64. The number of nitriles is 1. The van der Waals surface area contributed by atoms with Gasteiger partial charge >= 0.3 is 0 Å². The zero-order valence-corrected chi connectivity index (χ0v) is 7.86. The van der Waals surface area contributed by atoms with E-state index in [2.05, 4.69) is 5.92 Å². The number of para-hydroxylation sites is 1. The second-order valence-corrected chi connectivity index (χ2v) is 2.86. The van der Waals surface area contributed by atoms with Gasteiger partial charge in [-0.25, -0.2) is 0 Å². The lowest BCUT2D eigenvalue weighted by Crippen LogP contribution is -1.93. The highest BCUT2D eigenvalue weighted by Gasteiger charge is 2.14. The van der Waals surface area contributed by atoms with Crippen molar-refractivity contribution in [2.75, 3.05) is 6.61 Å². The van der Waals surface area contributed by atoms with Crippen LogP contribution in [0.5, 0.6) is 5.75 Å². The summed E-state index contributed by atoms with van der Waals surface area (Å²) < 4.78 is 10.6. The van der Waals surface area contributed by atoms with E-state index >= 15 is 0 Å². The molecule has 0 fully saturated rings. The molecule has 0 radical (unpaired) electrons. The van der Waals surface area contributed by atoms with Gasteiger partial charge in [-0.1, -0.05) is 18.1 Å². The minimum absolute atomic E-state index is 0.123. The molecule has 15 heavy (non-hydrogen) atoms. The Balaban J connectivity index is 2.59. The molecule has 1 aromatic heterocycles. The molecule has 1 aromatic carbocycles. The molecular weight excluding hydrogens is 190 g/mol. The standard InChI is InChI=1S/C12H7NO2/c1-2-7-14-12-9-5-3-4-6-10(9)15-11(12)8-13/h1,3-6H,7H2. The van der Waals surface area contributed by atoms with E-state index in [1.165, 1.54) is 0 Å². The highest BCUT2D eigenvalue weighted by atomic mass is 16.5. The summed E-state index contributed by atoms with van der Waals surface area (Å²) in [6, 6.07) is 9.22. The first kappa shape index (κ1) is 9.18. The molecule has 72 valence electrons. The fourth-order valence-electron chi connectivity index (χ4n) is 1.35. The topological polar surface area (TPSA) is 46.2 Å². The van der Waals surface area contributed by atoms with Gasteiger partial charge in [0.1, 0.15) is 18.3 Å². The normalized spacial score (nSPS) is 9.47. The van der Waals surface area contributed by atoms with Crippen molar-refractivity contribution in [2.24, 2.45) is 0 Å². The lowest BCUT2D eigenvalue weighted by molar-refractivity contribution is 0.365. The molecule has 0 aliphatic rings.